The van der Waals surface area contributed by atoms with Crippen LogP contribution in [-0.4, -0.2) is 6.29 Å². The van der Waals surface area contributed by atoms with Crippen molar-refractivity contribution in [1.29, 1.82) is 0 Å². The maximum Gasteiger partial charge on any atom is 0.142 e. The summed E-state index contributed by atoms with van der Waals surface area (Å²) < 4.78 is 0. The third-order valence-corrected chi connectivity index (χ3v) is 2.37. The van der Waals surface area contributed by atoms with E-state index in [9.17, 15) is 4.79 Å². The van der Waals surface area contributed by atoms with Crippen molar-refractivity contribution in [2.75, 3.05) is 0 Å². The summed E-state index contributed by atoms with van der Waals surface area (Å²) in [5, 5.41) is 0. The summed E-state index contributed by atoms with van der Waals surface area (Å²) in [6, 6.07) is 0. The van der Waals surface area contributed by atoms with Gasteiger partial charge in [0.1, 0.15) is 6.29 Å². The van der Waals surface area contributed by atoms with Gasteiger partial charge in [0, 0.05) is 0 Å². The van der Waals surface area contributed by atoms with Crippen LogP contribution in [0.2, 0.25) is 0 Å². The fraction of sp³-hybridized carbons (Fsp3) is 0.769. The van der Waals surface area contributed by atoms with Crippen LogP contribution in [0, 0.1) is 5.92 Å². The lowest BCUT2D eigenvalue weighted by Gasteiger charge is -2.03. The van der Waals surface area contributed by atoms with E-state index in [4.69, 9.17) is 0 Å². The second-order valence-electron chi connectivity index (χ2n) is 4.30. The van der Waals surface area contributed by atoms with E-state index in [1.807, 2.05) is 6.08 Å². The van der Waals surface area contributed by atoms with Crippen LogP contribution in [0.15, 0.2) is 12.2 Å². The van der Waals surface area contributed by atoms with Crippen LogP contribution in [0.4, 0.5) is 0 Å². The summed E-state index contributed by atoms with van der Waals surface area (Å²) in [6.07, 6.45) is 13.5. The molecule has 0 aromatic carbocycles. The molecule has 0 N–H and O–H groups in total. The first-order valence-electron chi connectivity index (χ1n) is 5.87. The van der Waals surface area contributed by atoms with Gasteiger partial charge in [-0.05, 0) is 24.8 Å². The number of allylic oxidation sites excluding steroid dienone is 2. The average molecular weight is 196 g/mol. The average Bonchev–Trinajstić information content (AvgIpc) is 2.15. The van der Waals surface area contributed by atoms with Crippen LogP contribution in [0.3, 0.4) is 0 Å². The fourth-order valence-electron chi connectivity index (χ4n) is 1.50. The zero-order valence-electron chi connectivity index (χ0n) is 9.67. The van der Waals surface area contributed by atoms with Crippen LogP contribution in [-0.2, 0) is 4.79 Å². The van der Waals surface area contributed by atoms with Gasteiger partial charge in [-0.25, -0.2) is 0 Å². The number of hydrogen-bond donors (Lipinski definition) is 0. The van der Waals surface area contributed by atoms with Crippen LogP contribution < -0.4 is 0 Å². The Kier molecular flexibility index (Phi) is 10.0. The highest BCUT2D eigenvalue weighted by atomic mass is 16.1. The Morgan fingerprint density at radius 3 is 2.29 bits per heavy atom. The Morgan fingerprint density at radius 2 is 1.64 bits per heavy atom. The Balaban J connectivity index is 2.99. The molecule has 0 spiro atoms. The van der Waals surface area contributed by atoms with E-state index in [-0.39, 0.29) is 0 Å². The van der Waals surface area contributed by atoms with Gasteiger partial charge in [-0.15, -0.1) is 0 Å². The van der Waals surface area contributed by atoms with Crippen molar-refractivity contribution in [1.82, 2.24) is 0 Å². The number of carbonyl (C=O) groups excluding carboxylic acids is 1. The zero-order chi connectivity index (χ0) is 10.6. The summed E-state index contributed by atoms with van der Waals surface area (Å²) in [5.41, 5.74) is 0. The predicted molar refractivity (Wildman–Crippen MR) is 62.4 cm³/mol. The molecule has 0 aromatic heterocycles. The molecular weight excluding hydrogens is 172 g/mol. The second-order valence-corrected chi connectivity index (χ2v) is 4.30. The molecule has 0 fully saturated rings. The summed E-state index contributed by atoms with van der Waals surface area (Å²) in [7, 11) is 0. The number of unbranched alkanes of at least 4 members (excludes halogenated alkanes) is 5. The normalized spacial score (nSPS) is 11.4. The lowest BCUT2D eigenvalue weighted by atomic mass is 10.0. The van der Waals surface area contributed by atoms with Gasteiger partial charge in [0.2, 0.25) is 0 Å². The number of rotatable bonds is 9. The van der Waals surface area contributed by atoms with Crippen molar-refractivity contribution in [2.24, 2.45) is 5.92 Å². The van der Waals surface area contributed by atoms with E-state index in [0.717, 1.165) is 18.6 Å². The van der Waals surface area contributed by atoms with E-state index in [0.29, 0.717) is 0 Å². The molecule has 0 aromatic rings. The van der Waals surface area contributed by atoms with Crippen LogP contribution in [0.25, 0.3) is 0 Å². The highest BCUT2D eigenvalue weighted by molar-refractivity contribution is 5.64. The molecule has 0 bridgehead atoms. The lowest BCUT2D eigenvalue weighted by molar-refractivity contribution is -0.104. The van der Waals surface area contributed by atoms with Gasteiger partial charge < -0.3 is 0 Å². The summed E-state index contributed by atoms with van der Waals surface area (Å²) in [4.78, 5) is 9.96. The molecule has 0 unspecified atom stereocenters. The molecule has 1 heteroatoms. The van der Waals surface area contributed by atoms with Gasteiger partial charge in [-0.1, -0.05) is 52.0 Å². The molecule has 0 saturated carbocycles. The maximum absolute atomic E-state index is 9.96. The Hall–Kier alpha value is -0.590. The van der Waals surface area contributed by atoms with Crippen molar-refractivity contribution in [3.8, 4) is 0 Å². The molecule has 82 valence electrons. The molecule has 0 saturated heterocycles. The third kappa shape index (κ3) is 11.4. The fourth-order valence-corrected chi connectivity index (χ4v) is 1.50. The van der Waals surface area contributed by atoms with E-state index in [2.05, 4.69) is 13.8 Å². The SMILES string of the molecule is CC(C)CCCCCCCC=CC=O. The van der Waals surface area contributed by atoms with Gasteiger partial charge in [-0.2, -0.15) is 0 Å². The van der Waals surface area contributed by atoms with Gasteiger partial charge in [0.15, 0.2) is 0 Å². The van der Waals surface area contributed by atoms with Crippen LogP contribution >= 0.6 is 0 Å². The molecule has 14 heavy (non-hydrogen) atoms. The van der Waals surface area contributed by atoms with Gasteiger partial charge in [0.25, 0.3) is 0 Å². The highest BCUT2D eigenvalue weighted by Crippen LogP contribution is 2.11. The first-order chi connectivity index (χ1) is 6.77. The molecule has 0 aliphatic carbocycles. The molecule has 0 heterocycles. The van der Waals surface area contributed by atoms with E-state index < -0.39 is 0 Å². The van der Waals surface area contributed by atoms with Gasteiger partial charge in [0.05, 0.1) is 0 Å². The van der Waals surface area contributed by atoms with E-state index in [1.165, 1.54) is 38.5 Å². The Morgan fingerprint density at radius 1 is 1.00 bits per heavy atom. The largest absolute Gasteiger partial charge is 0.299 e. The van der Waals surface area contributed by atoms with Crippen molar-refractivity contribution >= 4 is 6.29 Å². The maximum atomic E-state index is 9.96. The van der Waals surface area contributed by atoms with Gasteiger partial charge >= 0.3 is 0 Å². The van der Waals surface area contributed by atoms with Gasteiger partial charge in [-0.3, -0.25) is 4.79 Å². The molecular formula is C13H24O. The number of aldehydes is 1. The highest BCUT2D eigenvalue weighted by Gasteiger charge is 1.93. The minimum Gasteiger partial charge on any atom is -0.299 e. The van der Waals surface area contributed by atoms with Crippen LogP contribution in [0.1, 0.15) is 58.8 Å². The Labute approximate surface area is 88.6 Å². The monoisotopic (exact) mass is 196 g/mol. The Bertz CT molecular complexity index is 147. The lowest BCUT2D eigenvalue weighted by Crippen LogP contribution is -1.86. The first-order valence-corrected chi connectivity index (χ1v) is 5.87. The molecule has 0 atom stereocenters. The number of hydrogen-bond acceptors (Lipinski definition) is 1. The minimum atomic E-state index is 0.850. The molecule has 0 aliphatic rings. The van der Waals surface area contributed by atoms with E-state index >= 15 is 0 Å². The first kappa shape index (κ1) is 13.4. The predicted octanol–water partition coefficient (Wildman–Crippen LogP) is 4.13. The number of carbonyl (C=O) groups is 1. The molecule has 0 rings (SSSR count). The summed E-state index contributed by atoms with van der Waals surface area (Å²) in [5.74, 6) is 0.852. The third-order valence-electron chi connectivity index (χ3n) is 2.37. The summed E-state index contributed by atoms with van der Waals surface area (Å²) in [6.45, 7) is 4.56. The molecule has 1 nitrogen and oxygen atoms in total. The van der Waals surface area contributed by atoms with E-state index in [1.54, 1.807) is 6.08 Å². The standard InChI is InChI=1S/C13H24O/c1-13(2)11-9-7-5-3-4-6-8-10-12-14/h8,10,12-13H,3-7,9,11H2,1-2H3. The second kappa shape index (κ2) is 10.5. The molecule has 0 radical (unpaired) electrons. The van der Waals surface area contributed by atoms with Crippen molar-refractivity contribution in [2.45, 2.75) is 58.8 Å². The molecule has 0 amide bonds. The molecule has 0 aliphatic heterocycles. The topological polar surface area (TPSA) is 17.1 Å². The smallest absolute Gasteiger partial charge is 0.142 e. The zero-order valence-corrected chi connectivity index (χ0v) is 9.67. The minimum absolute atomic E-state index is 0.850. The summed E-state index contributed by atoms with van der Waals surface area (Å²) >= 11 is 0. The quantitative estimate of drug-likeness (QED) is 0.308. The van der Waals surface area contributed by atoms with Crippen LogP contribution in [0.5, 0.6) is 0 Å². The van der Waals surface area contributed by atoms with Crippen molar-refractivity contribution in [3.05, 3.63) is 12.2 Å². The van der Waals surface area contributed by atoms with Crippen molar-refractivity contribution in [3.63, 3.8) is 0 Å². The van der Waals surface area contributed by atoms with Crippen molar-refractivity contribution < 1.29 is 4.79 Å².